The Morgan fingerprint density at radius 2 is 2.00 bits per heavy atom. The molecule has 1 aromatic heterocycles. The van der Waals surface area contributed by atoms with Crippen LogP contribution in [0.3, 0.4) is 0 Å². The summed E-state index contributed by atoms with van der Waals surface area (Å²) < 4.78 is 62.7. The molecule has 0 radical (unpaired) electrons. The van der Waals surface area contributed by atoms with Crippen molar-refractivity contribution in [2.75, 3.05) is 0 Å². The van der Waals surface area contributed by atoms with Gasteiger partial charge in [-0.15, -0.1) is 0 Å². The van der Waals surface area contributed by atoms with Gasteiger partial charge in [-0.2, -0.15) is 18.4 Å². The summed E-state index contributed by atoms with van der Waals surface area (Å²) in [6, 6.07) is 1.17. The summed E-state index contributed by atoms with van der Waals surface area (Å²) in [5.74, 6) is 0. The number of alkyl halides is 6. The van der Waals surface area contributed by atoms with Gasteiger partial charge in [-0.1, -0.05) is 15.9 Å². The fourth-order valence-electron chi connectivity index (χ4n) is 1.24. The highest BCUT2D eigenvalue weighted by Gasteiger charge is 2.37. The van der Waals surface area contributed by atoms with E-state index in [-0.39, 0.29) is 11.0 Å². The van der Waals surface area contributed by atoms with Crippen LogP contribution in [0.2, 0.25) is 0 Å². The highest BCUT2D eigenvalue weighted by atomic mass is 79.9. The molecular weight excluding hydrogens is 311 g/mol. The second-order valence-corrected chi connectivity index (χ2v) is 3.51. The van der Waals surface area contributed by atoms with Gasteiger partial charge in [-0.05, 0) is 0 Å². The van der Waals surface area contributed by atoms with Crippen molar-refractivity contribution in [3.8, 4) is 6.07 Å². The van der Waals surface area contributed by atoms with Crippen LogP contribution in [-0.4, -0.2) is 4.98 Å². The highest BCUT2D eigenvalue weighted by molar-refractivity contribution is 9.08. The fraction of sp³-hybridized carbons (Fsp3) is 0.333. The summed E-state index contributed by atoms with van der Waals surface area (Å²) in [5, 5.41) is 8.45. The van der Waals surface area contributed by atoms with E-state index in [9.17, 15) is 22.0 Å². The van der Waals surface area contributed by atoms with Gasteiger partial charge < -0.3 is 0 Å². The van der Waals surface area contributed by atoms with E-state index < -0.39 is 29.3 Å². The number of aromatic nitrogens is 1. The van der Waals surface area contributed by atoms with E-state index in [4.69, 9.17) is 5.26 Å². The van der Waals surface area contributed by atoms with Gasteiger partial charge in [0.2, 0.25) is 0 Å². The molecule has 92 valence electrons. The maximum Gasteiger partial charge on any atom is 0.419 e. The fourth-order valence-corrected chi connectivity index (χ4v) is 1.69. The maximum absolute atomic E-state index is 12.7. The smallest absolute Gasteiger partial charge is 0.259 e. The van der Waals surface area contributed by atoms with Crippen LogP contribution >= 0.6 is 15.9 Å². The minimum absolute atomic E-state index is 0.153. The first kappa shape index (κ1) is 13.8. The number of halogens is 6. The quantitative estimate of drug-likeness (QED) is 0.615. The first-order chi connectivity index (χ1) is 7.82. The third-order valence-corrected chi connectivity index (χ3v) is 2.49. The van der Waals surface area contributed by atoms with Gasteiger partial charge >= 0.3 is 6.18 Å². The van der Waals surface area contributed by atoms with E-state index >= 15 is 0 Å². The topological polar surface area (TPSA) is 36.7 Å². The predicted molar refractivity (Wildman–Crippen MR) is 51.5 cm³/mol. The van der Waals surface area contributed by atoms with Gasteiger partial charge in [0.15, 0.2) is 0 Å². The Labute approximate surface area is 101 Å². The molecule has 0 bridgehead atoms. The average molecular weight is 315 g/mol. The van der Waals surface area contributed by atoms with Crippen molar-refractivity contribution >= 4 is 15.9 Å². The number of hydrogen-bond acceptors (Lipinski definition) is 2. The van der Waals surface area contributed by atoms with Gasteiger partial charge in [0.25, 0.3) is 6.43 Å². The minimum Gasteiger partial charge on any atom is -0.259 e. The lowest BCUT2D eigenvalue weighted by atomic mass is 10.0. The van der Waals surface area contributed by atoms with Crippen molar-refractivity contribution < 1.29 is 22.0 Å². The molecule has 1 heterocycles. The normalized spacial score (nSPS) is 11.6. The largest absolute Gasteiger partial charge is 0.419 e. The number of pyridine rings is 1. The molecule has 0 N–H and O–H groups in total. The number of nitriles is 1. The molecule has 0 spiro atoms. The zero-order valence-corrected chi connectivity index (χ0v) is 9.61. The molecule has 0 aliphatic heterocycles. The van der Waals surface area contributed by atoms with E-state index in [1.807, 2.05) is 0 Å². The van der Waals surface area contributed by atoms with Crippen LogP contribution in [0.4, 0.5) is 22.0 Å². The first-order valence-electron chi connectivity index (χ1n) is 4.16. The Balaban J connectivity index is 3.60. The van der Waals surface area contributed by atoms with E-state index in [1.54, 1.807) is 0 Å². The Kier molecular flexibility index (Phi) is 4.03. The second kappa shape index (κ2) is 4.96. The monoisotopic (exact) mass is 314 g/mol. The van der Waals surface area contributed by atoms with Crippen molar-refractivity contribution in [1.82, 2.24) is 4.98 Å². The van der Waals surface area contributed by atoms with Crippen LogP contribution in [0.1, 0.15) is 28.8 Å². The van der Waals surface area contributed by atoms with Crippen LogP contribution in [0, 0.1) is 11.3 Å². The van der Waals surface area contributed by atoms with Crippen LogP contribution in [0.15, 0.2) is 6.20 Å². The standard InChI is InChI=1S/C9H4BrF5N2/c10-1-6-7(8(11)12)4(2-16)5(3-17-6)9(13,14)15/h3,8H,1H2. The molecule has 0 amide bonds. The lowest BCUT2D eigenvalue weighted by Crippen LogP contribution is -2.13. The van der Waals surface area contributed by atoms with Crippen LogP contribution in [0.25, 0.3) is 0 Å². The lowest BCUT2D eigenvalue weighted by molar-refractivity contribution is -0.138. The van der Waals surface area contributed by atoms with Crippen LogP contribution in [-0.2, 0) is 11.5 Å². The van der Waals surface area contributed by atoms with Crippen molar-refractivity contribution in [3.05, 3.63) is 28.6 Å². The van der Waals surface area contributed by atoms with Crippen molar-refractivity contribution in [2.24, 2.45) is 0 Å². The van der Waals surface area contributed by atoms with Gasteiger partial charge in [-0.3, -0.25) is 4.98 Å². The maximum atomic E-state index is 12.7. The molecule has 0 aliphatic carbocycles. The molecule has 0 aromatic carbocycles. The van der Waals surface area contributed by atoms with Gasteiger partial charge in [0.05, 0.1) is 22.4 Å². The molecule has 0 saturated carbocycles. The first-order valence-corrected chi connectivity index (χ1v) is 5.28. The molecule has 0 saturated heterocycles. The molecule has 8 heteroatoms. The van der Waals surface area contributed by atoms with Crippen molar-refractivity contribution in [3.63, 3.8) is 0 Å². The molecule has 0 atom stereocenters. The number of hydrogen-bond donors (Lipinski definition) is 0. The molecule has 1 aromatic rings. The van der Waals surface area contributed by atoms with Crippen LogP contribution in [0.5, 0.6) is 0 Å². The zero-order valence-electron chi connectivity index (χ0n) is 8.02. The van der Waals surface area contributed by atoms with E-state index in [0.29, 0.717) is 6.20 Å². The summed E-state index contributed by atoms with van der Waals surface area (Å²) in [6.45, 7) is 0. The number of rotatable bonds is 2. The van der Waals surface area contributed by atoms with Gasteiger partial charge in [0, 0.05) is 11.5 Å². The summed E-state index contributed by atoms with van der Waals surface area (Å²) in [4.78, 5) is 3.30. The Morgan fingerprint density at radius 3 is 2.35 bits per heavy atom. The minimum atomic E-state index is -4.88. The Bertz CT molecular complexity index is 464. The predicted octanol–water partition coefficient (Wildman–Crippen LogP) is 3.80. The Morgan fingerprint density at radius 1 is 1.41 bits per heavy atom. The molecule has 0 fully saturated rings. The van der Waals surface area contributed by atoms with Crippen LogP contribution < -0.4 is 0 Å². The summed E-state index contributed by atoms with van der Waals surface area (Å²) in [5.41, 5.74) is -3.76. The number of nitrogens with zero attached hydrogens (tertiary/aromatic N) is 2. The van der Waals surface area contributed by atoms with Crippen molar-refractivity contribution in [2.45, 2.75) is 17.9 Å². The molecule has 2 nitrogen and oxygen atoms in total. The Hall–Kier alpha value is -1.23. The molecular formula is C9H4BrF5N2. The third-order valence-electron chi connectivity index (χ3n) is 1.96. The molecule has 1 rings (SSSR count). The van der Waals surface area contributed by atoms with Crippen molar-refractivity contribution in [1.29, 1.82) is 5.26 Å². The molecule has 17 heavy (non-hydrogen) atoms. The SMILES string of the molecule is N#Cc1c(C(F)(F)F)cnc(CBr)c1C(F)F. The van der Waals surface area contributed by atoms with Gasteiger partial charge in [0.1, 0.15) is 6.07 Å². The van der Waals surface area contributed by atoms with Gasteiger partial charge in [-0.25, -0.2) is 8.78 Å². The van der Waals surface area contributed by atoms with E-state index in [1.165, 1.54) is 6.07 Å². The summed E-state index contributed by atoms with van der Waals surface area (Å²) in [7, 11) is 0. The summed E-state index contributed by atoms with van der Waals surface area (Å²) in [6.07, 6.45) is -7.68. The molecule has 0 aliphatic rings. The van der Waals surface area contributed by atoms with E-state index in [2.05, 4.69) is 20.9 Å². The molecule has 0 unspecified atom stereocenters. The lowest BCUT2D eigenvalue weighted by Gasteiger charge is -2.13. The van der Waals surface area contributed by atoms with E-state index in [0.717, 1.165) is 0 Å². The summed E-state index contributed by atoms with van der Waals surface area (Å²) >= 11 is 2.83. The zero-order chi connectivity index (χ0) is 13.2. The second-order valence-electron chi connectivity index (χ2n) is 2.95. The highest BCUT2D eigenvalue weighted by Crippen LogP contribution is 2.36. The average Bonchev–Trinajstić information content (AvgIpc) is 2.25. The third kappa shape index (κ3) is 2.72.